The monoisotopic (exact) mass is 223 g/mol. The fourth-order valence-electron chi connectivity index (χ4n) is 1.41. The first-order valence-corrected chi connectivity index (χ1v) is 5.79. The highest BCUT2D eigenvalue weighted by Gasteiger charge is 2.00. The van der Waals surface area contributed by atoms with Gasteiger partial charge in [-0.05, 0) is 12.1 Å². The van der Waals surface area contributed by atoms with Gasteiger partial charge in [-0.3, -0.25) is 4.79 Å². The second-order valence-corrected chi connectivity index (χ2v) is 4.13. The SMILES string of the molecule is CC(C)NCCC(=O)NCCn1cccc1. The molecule has 1 amide bonds. The van der Waals surface area contributed by atoms with E-state index in [1.165, 1.54) is 0 Å². The van der Waals surface area contributed by atoms with Crippen LogP contribution in [0.5, 0.6) is 0 Å². The van der Waals surface area contributed by atoms with Crippen LogP contribution >= 0.6 is 0 Å². The van der Waals surface area contributed by atoms with Crippen molar-refractivity contribution in [1.29, 1.82) is 0 Å². The number of nitrogens with zero attached hydrogens (tertiary/aromatic N) is 1. The fourth-order valence-corrected chi connectivity index (χ4v) is 1.41. The molecule has 90 valence electrons. The number of carbonyl (C=O) groups is 1. The molecule has 0 fully saturated rings. The van der Waals surface area contributed by atoms with E-state index >= 15 is 0 Å². The number of amides is 1. The van der Waals surface area contributed by atoms with Crippen LogP contribution in [0, 0.1) is 0 Å². The molecule has 0 aliphatic rings. The Balaban J connectivity index is 2.02. The van der Waals surface area contributed by atoms with E-state index in [2.05, 4.69) is 24.5 Å². The third kappa shape index (κ3) is 5.56. The number of hydrogen-bond donors (Lipinski definition) is 2. The van der Waals surface area contributed by atoms with Crippen LogP contribution < -0.4 is 10.6 Å². The zero-order chi connectivity index (χ0) is 11.8. The lowest BCUT2D eigenvalue weighted by Gasteiger charge is -2.08. The average Bonchev–Trinajstić information content (AvgIpc) is 2.70. The lowest BCUT2D eigenvalue weighted by Crippen LogP contribution is -2.32. The lowest BCUT2D eigenvalue weighted by atomic mass is 10.3. The van der Waals surface area contributed by atoms with Crippen molar-refractivity contribution in [1.82, 2.24) is 15.2 Å². The average molecular weight is 223 g/mol. The molecule has 0 aliphatic heterocycles. The number of nitrogens with one attached hydrogen (secondary N) is 2. The van der Waals surface area contributed by atoms with Crippen molar-refractivity contribution in [3.8, 4) is 0 Å². The van der Waals surface area contributed by atoms with Crippen LogP contribution in [-0.2, 0) is 11.3 Å². The molecule has 1 heterocycles. The molecule has 0 bridgehead atoms. The largest absolute Gasteiger partial charge is 0.354 e. The van der Waals surface area contributed by atoms with Crippen molar-refractivity contribution in [2.45, 2.75) is 32.9 Å². The highest BCUT2D eigenvalue weighted by Crippen LogP contribution is 1.88. The summed E-state index contributed by atoms with van der Waals surface area (Å²) in [4.78, 5) is 11.4. The van der Waals surface area contributed by atoms with Crippen LogP contribution in [0.2, 0.25) is 0 Å². The molecular formula is C12H21N3O. The summed E-state index contributed by atoms with van der Waals surface area (Å²) in [5.41, 5.74) is 0. The van der Waals surface area contributed by atoms with Gasteiger partial charge in [0.2, 0.25) is 5.91 Å². The molecule has 0 aromatic carbocycles. The van der Waals surface area contributed by atoms with Crippen LogP contribution in [0.25, 0.3) is 0 Å². The maximum absolute atomic E-state index is 11.4. The van der Waals surface area contributed by atoms with E-state index < -0.39 is 0 Å². The predicted octanol–water partition coefficient (Wildman–Crippen LogP) is 0.992. The van der Waals surface area contributed by atoms with Crippen LogP contribution in [0.1, 0.15) is 20.3 Å². The highest BCUT2D eigenvalue weighted by atomic mass is 16.1. The molecule has 2 N–H and O–H groups in total. The molecule has 0 spiro atoms. The van der Waals surface area contributed by atoms with Gasteiger partial charge in [0.05, 0.1) is 0 Å². The molecular weight excluding hydrogens is 202 g/mol. The van der Waals surface area contributed by atoms with Crippen LogP contribution in [0.15, 0.2) is 24.5 Å². The molecule has 0 saturated heterocycles. The first-order valence-electron chi connectivity index (χ1n) is 5.79. The van der Waals surface area contributed by atoms with Crippen LogP contribution in [-0.4, -0.2) is 29.6 Å². The van der Waals surface area contributed by atoms with Crippen molar-refractivity contribution in [2.75, 3.05) is 13.1 Å². The van der Waals surface area contributed by atoms with E-state index in [0.29, 0.717) is 19.0 Å². The minimum absolute atomic E-state index is 0.111. The Hall–Kier alpha value is -1.29. The van der Waals surface area contributed by atoms with Gasteiger partial charge in [0.1, 0.15) is 0 Å². The van der Waals surface area contributed by atoms with E-state index in [9.17, 15) is 4.79 Å². The third-order valence-corrected chi connectivity index (χ3v) is 2.26. The number of hydrogen-bond acceptors (Lipinski definition) is 2. The standard InChI is InChI=1S/C12H21N3O/c1-11(2)13-6-5-12(16)14-7-10-15-8-3-4-9-15/h3-4,8-9,11,13H,5-7,10H2,1-2H3,(H,14,16). The van der Waals surface area contributed by atoms with Gasteiger partial charge in [0, 0.05) is 44.5 Å². The third-order valence-electron chi connectivity index (χ3n) is 2.26. The Kier molecular flexibility index (Phi) is 5.64. The summed E-state index contributed by atoms with van der Waals surface area (Å²) >= 11 is 0. The van der Waals surface area contributed by atoms with Crippen molar-refractivity contribution in [3.05, 3.63) is 24.5 Å². The number of carbonyl (C=O) groups excluding carboxylic acids is 1. The molecule has 0 radical (unpaired) electrons. The quantitative estimate of drug-likeness (QED) is 0.724. The summed E-state index contributed by atoms with van der Waals surface area (Å²) in [5.74, 6) is 0.111. The van der Waals surface area contributed by atoms with Gasteiger partial charge in [-0.1, -0.05) is 13.8 Å². The van der Waals surface area contributed by atoms with Gasteiger partial charge in [-0.25, -0.2) is 0 Å². The molecule has 1 rings (SSSR count). The highest BCUT2D eigenvalue weighted by molar-refractivity contribution is 5.75. The number of aromatic nitrogens is 1. The van der Waals surface area contributed by atoms with Crippen molar-refractivity contribution >= 4 is 5.91 Å². The molecule has 4 nitrogen and oxygen atoms in total. The first-order chi connectivity index (χ1) is 7.68. The molecule has 0 unspecified atom stereocenters. The molecule has 0 atom stereocenters. The second kappa shape index (κ2) is 7.06. The van der Waals surface area contributed by atoms with Gasteiger partial charge >= 0.3 is 0 Å². The van der Waals surface area contributed by atoms with Gasteiger partial charge in [0.15, 0.2) is 0 Å². The Morgan fingerprint density at radius 1 is 1.25 bits per heavy atom. The van der Waals surface area contributed by atoms with Gasteiger partial charge < -0.3 is 15.2 Å². The Morgan fingerprint density at radius 3 is 2.56 bits per heavy atom. The van der Waals surface area contributed by atoms with Crippen molar-refractivity contribution < 1.29 is 4.79 Å². The van der Waals surface area contributed by atoms with Crippen LogP contribution in [0.3, 0.4) is 0 Å². The van der Waals surface area contributed by atoms with E-state index in [-0.39, 0.29) is 5.91 Å². The van der Waals surface area contributed by atoms with Crippen molar-refractivity contribution in [3.63, 3.8) is 0 Å². The first kappa shape index (κ1) is 12.8. The summed E-state index contributed by atoms with van der Waals surface area (Å²) < 4.78 is 2.05. The van der Waals surface area contributed by atoms with Gasteiger partial charge in [-0.2, -0.15) is 0 Å². The summed E-state index contributed by atoms with van der Waals surface area (Å²) in [5, 5.41) is 6.11. The summed E-state index contributed by atoms with van der Waals surface area (Å²) in [6.45, 7) is 6.41. The van der Waals surface area contributed by atoms with Crippen molar-refractivity contribution in [2.24, 2.45) is 0 Å². The summed E-state index contributed by atoms with van der Waals surface area (Å²) in [6.07, 6.45) is 4.53. The van der Waals surface area contributed by atoms with Crippen LogP contribution in [0.4, 0.5) is 0 Å². The molecule has 4 heteroatoms. The Bertz CT molecular complexity index is 293. The minimum Gasteiger partial charge on any atom is -0.354 e. The minimum atomic E-state index is 0.111. The fraction of sp³-hybridized carbons (Fsp3) is 0.583. The Labute approximate surface area is 97.0 Å². The molecule has 16 heavy (non-hydrogen) atoms. The molecule has 0 saturated carbocycles. The van der Waals surface area contributed by atoms with Gasteiger partial charge in [0.25, 0.3) is 0 Å². The van der Waals surface area contributed by atoms with E-state index in [1.54, 1.807) is 0 Å². The second-order valence-electron chi connectivity index (χ2n) is 4.13. The zero-order valence-corrected chi connectivity index (χ0v) is 10.1. The predicted molar refractivity (Wildman–Crippen MR) is 65.2 cm³/mol. The summed E-state index contributed by atoms with van der Waals surface area (Å²) in [7, 11) is 0. The van der Waals surface area contributed by atoms with Gasteiger partial charge in [-0.15, -0.1) is 0 Å². The Morgan fingerprint density at radius 2 is 1.94 bits per heavy atom. The smallest absolute Gasteiger partial charge is 0.221 e. The van der Waals surface area contributed by atoms with E-state index in [4.69, 9.17) is 0 Å². The lowest BCUT2D eigenvalue weighted by molar-refractivity contribution is -0.121. The maximum atomic E-state index is 11.4. The molecule has 0 aliphatic carbocycles. The van der Waals surface area contributed by atoms with E-state index in [1.807, 2.05) is 29.1 Å². The number of rotatable bonds is 7. The topological polar surface area (TPSA) is 46.1 Å². The zero-order valence-electron chi connectivity index (χ0n) is 10.1. The normalized spacial score (nSPS) is 10.7. The molecule has 1 aromatic heterocycles. The molecule has 1 aromatic rings. The van der Waals surface area contributed by atoms with E-state index in [0.717, 1.165) is 13.1 Å². The maximum Gasteiger partial charge on any atom is 0.221 e. The summed E-state index contributed by atoms with van der Waals surface area (Å²) in [6, 6.07) is 4.40.